The average molecular weight is 206 g/mol. The van der Waals surface area contributed by atoms with Crippen molar-refractivity contribution in [2.24, 2.45) is 5.92 Å². The van der Waals surface area contributed by atoms with E-state index in [1.54, 1.807) is 13.8 Å². The number of carbonyl (C=O) groups is 2. The topological polar surface area (TPSA) is 52.6 Å². The molecule has 0 heterocycles. The lowest BCUT2D eigenvalue weighted by Gasteiger charge is -2.06. The Morgan fingerprint density at radius 3 is 2.38 bits per heavy atom. The zero-order valence-electron chi connectivity index (χ0n) is 8.03. The molecule has 0 unspecified atom stereocenters. The van der Waals surface area contributed by atoms with Crippen LogP contribution >= 0.6 is 11.8 Å². The average Bonchev–Trinajstić information content (AvgIpc) is 2.04. The van der Waals surface area contributed by atoms with Crippen molar-refractivity contribution < 1.29 is 19.1 Å². The maximum atomic E-state index is 10.9. The molecule has 0 rings (SSSR count). The van der Waals surface area contributed by atoms with Gasteiger partial charge in [-0.1, -0.05) is 20.8 Å². The van der Waals surface area contributed by atoms with Crippen molar-refractivity contribution in [3.05, 3.63) is 0 Å². The summed E-state index contributed by atoms with van der Waals surface area (Å²) in [7, 11) is 0. The van der Waals surface area contributed by atoms with Gasteiger partial charge < -0.3 is 9.47 Å². The van der Waals surface area contributed by atoms with Gasteiger partial charge in [-0.25, -0.2) is 4.79 Å². The van der Waals surface area contributed by atoms with Gasteiger partial charge in [0.15, 0.2) is 0 Å². The molecule has 0 aromatic rings. The molecule has 0 radical (unpaired) electrons. The first-order chi connectivity index (χ1) is 6.07. The highest BCUT2D eigenvalue weighted by Crippen LogP contribution is 2.04. The van der Waals surface area contributed by atoms with Crippen molar-refractivity contribution in [2.45, 2.75) is 20.8 Å². The predicted octanol–water partition coefficient (Wildman–Crippen LogP) is 2.03. The van der Waals surface area contributed by atoms with Gasteiger partial charge in [0, 0.05) is 5.75 Å². The third kappa shape index (κ3) is 6.45. The molecule has 0 saturated carbocycles. The number of carbonyl (C=O) groups excluding carboxylic acids is 2. The Labute approximate surface area is 82.0 Å². The second-order valence-corrected chi connectivity index (χ2v) is 3.76. The summed E-state index contributed by atoms with van der Waals surface area (Å²) in [6.45, 7) is 4.98. The summed E-state index contributed by atoms with van der Waals surface area (Å²) >= 11 is 1.04. The van der Waals surface area contributed by atoms with Gasteiger partial charge >= 0.3 is 11.3 Å². The van der Waals surface area contributed by atoms with Crippen LogP contribution in [0.15, 0.2) is 0 Å². The third-order valence-corrected chi connectivity index (χ3v) is 1.75. The van der Waals surface area contributed by atoms with E-state index in [-0.39, 0.29) is 18.7 Å². The molecular weight excluding hydrogens is 192 g/mol. The van der Waals surface area contributed by atoms with E-state index in [0.29, 0.717) is 5.75 Å². The molecule has 76 valence electrons. The summed E-state index contributed by atoms with van der Waals surface area (Å²) in [6.07, 6.45) is 0. The Morgan fingerprint density at radius 2 is 1.92 bits per heavy atom. The lowest BCUT2D eigenvalue weighted by molar-refractivity contribution is -0.155. The smallest absolute Gasteiger partial charge is 0.370 e. The number of hydrogen-bond acceptors (Lipinski definition) is 5. The van der Waals surface area contributed by atoms with Gasteiger partial charge in [0.2, 0.25) is 6.79 Å². The van der Waals surface area contributed by atoms with Crippen molar-refractivity contribution in [1.82, 2.24) is 0 Å². The van der Waals surface area contributed by atoms with E-state index >= 15 is 0 Å². The second kappa shape index (κ2) is 6.77. The molecule has 0 N–H and O–H groups in total. The molecule has 5 heteroatoms. The van der Waals surface area contributed by atoms with Crippen LogP contribution in [-0.2, 0) is 14.3 Å². The summed E-state index contributed by atoms with van der Waals surface area (Å²) in [5.74, 6) is 0.0866. The molecule has 0 aliphatic rings. The number of rotatable bonds is 4. The van der Waals surface area contributed by atoms with E-state index in [2.05, 4.69) is 9.47 Å². The summed E-state index contributed by atoms with van der Waals surface area (Å²) in [5.41, 5.74) is 0. The van der Waals surface area contributed by atoms with E-state index in [1.165, 1.54) is 0 Å². The molecular formula is C8H14O4S. The number of esters is 1. The van der Waals surface area contributed by atoms with Crippen molar-refractivity contribution >= 4 is 23.0 Å². The van der Waals surface area contributed by atoms with Crippen LogP contribution in [0.25, 0.3) is 0 Å². The number of thioether (sulfide) groups is 1. The molecule has 0 saturated heterocycles. The van der Waals surface area contributed by atoms with Crippen LogP contribution < -0.4 is 0 Å². The molecule has 0 bridgehead atoms. The molecule has 0 aliphatic carbocycles. The van der Waals surface area contributed by atoms with Crippen LogP contribution in [-0.4, -0.2) is 23.8 Å². The molecule has 0 aliphatic heterocycles. The van der Waals surface area contributed by atoms with Gasteiger partial charge in [0.1, 0.15) is 0 Å². The fourth-order valence-corrected chi connectivity index (χ4v) is 0.829. The molecule has 0 amide bonds. The van der Waals surface area contributed by atoms with Gasteiger partial charge in [-0.15, -0.1) is 0 Å². The highest BCUT2D eigenvalue weighted by Gasteiger charge is 2.09. The maximum Gasteiger partial charge on any atom is 0.370 e. The minimum absolute atomic E-state index is 0.197. The van der Waals surface area contributed by atoms with E-state index < -0.39 is 5.30 Å². The van der Waals surface area contributed by atoms with Crippen molar-refractivity contribution in [2.75, 3.05) is 12.5 Å². The zero-order chi connectivity index (χ0) is 10.3. The second-order valence-electron chi connectivity index (χ2n) is 2.56. The normalized spacial score (nSPS) is 9.85. The largest absolute Gasteiger partial charge is 0.428 e. The Kier molecular flexibility index (Phi) is 6.40. The minimum atomic E-state index is -0.418. The molecule has 4 nitrogen and oxygen atoms in total. The van der Waals surface area contributed by atoms with Crippen LogP contribution in [0.5, 0.6) is 0 Å². The van der Waals surface area contributed by atoms with Crippen molar-refractivity contribution in [3.8, 4) is 0 Å². The summed E-state index contributed by atoms with van der Waals surface area (Å²) in [5, 5.41) is -0.418. The Bertz CT molecular complexity index is 179. The molecule has 0 fully saturated rings. The summed E-state index contributed by atoms with van der Waals surface area (Å²) in [4.78, 5) is 21.6. The highest BCUT2D eigenvalue weighted by molar-refractivity contribution is 8.13. The van der Waals surface area contributed by atoms with Gasteiger partial charge in [-0.3, -0.25) is 4.79 Å². The van der Waals surface area contributed by atoms with E-state index in [1.807, 2.05) is 6.92 Å². The van der Waals surface area contributed by atoms with Crippen LogP contribution in [0.4, 0.5) is 4.79 Å². The predicted molar refractivity (Wildman–Crippen MR) is 50.4 cm³/mol. The van der Waals surface area contributed by atoms with Gasteiger partial charge in [0.25, 0.3) is 0 Å². The Balaban J connectivity index is 3.45. The molecule has 13 heavy (non-hydrogen) atoms. The minimum Gasteiger partial charge on any atom is -0.428 e. The monoisotopic (exact) mass is 206 g/mol. The van der Waals surface area contributed by atoms with Crippen LogP contribution in [0, 0.1) is 5.92 Å². The maximum absolute atomic E-state index is 10.9. The van der Waals surface area contributed by atoms with Crippen LogP contribution in [0.1, 0.15) is 20.8 Å². The summed E-state index contributed by atoms with van der Waals surface area (Å²) < 4.78 is 9.21. The summed E-state index contributed by atoms with van der Waals surface area (Å²) in [6, 6.07) is 0. The van der Waals surface area contributed by atoms with Crippen molar-refractivity contribution in [1.29, 1.82) is 0 Å². The van der Waals surface area contributed by atoms with Gasteiger partial charge in [-0.2, -0.15) is 0 Å². The number of ether oxygens (including phenoxy) is 2. The Morgan fingerprint density at radius 1 is 1.31 bits per heavy atom. The fourth-order valence-electron chi connectivity index (χ4n) is 0.462. The molecule has 0 spiro atoms. The standard InChI is InChI=1S/C8H14O4S/c1-4-13-8(10)12-5-11-7(9)6(2)3/h6H,4-5H2,1-3H3. The first-order valence-corrected chi connectivity index (χ1v) is 5.02. The lowest BCUT2D eigenvalue weighted by Crippen LogP contribution is -2.15. The van der Waals surface area contributed by atoms with E-state index in [9.17, 15) is 9.59 Å². The van der Waals surface area contributed by atoms with Gasteiger partial charge in [-0.05, 0) is 11.8 Å². The number of hydrogen-bond donors (Lipinski definition) is 0. The molecule has 0 aromatic heterocycles. The van der Waals surface area contributed by atoms with E-state index in [0.717, 1.165) is 11.8 Å². The van der Waals surface area contributed by atoms with Gasteiger partial charge in [0.05, 0.1) is 5.92 Å². The molecule has 0 atom stereocenters. The lowest BCUT2D eigenvalue weighted by atomic mass is 10.2. The van der Waals surface area contributed by atoms with E-state index in [4.69, 9.17) is 0 Å². The van der Waals surface area contributed by atoms with Crippen molar-refractivity contribution in [3.63, 3.8) is 0 Å². The van der Waals surface area contributed by atoms with Crippen LogP contribution in [0.3, 0.4) is 0 Å². The van der Waals surface area contributed by atoms with Crippen LogP contribution in [0.2, 0.25) is 0 Å². The fraction of sp³-hybridized carbons (Fsp3) is 0.750. The SMILES string of the molecule is CCSC(=O)OCOC(=O)C(C)C. The first-order valence-electron chi connectivity index (χ1n) is 4.04. The quantitative estimate of drug-likeness (QED) is 0.520. The Hall–Kier alpha value is -0.710. The zero-order valence-corrected chi connectivity index (χ0v) is 8.85. The first kappa shape index (κ1) is 12.3. The molecule has 0 aromatic carbocycles. The third-order valence-electron chi connectivity index (χ3n) is 1.11. The highest BCUT2D eigenvalue weighted by atomic mass is 32.2.